The molecule has 0 saturated heterocycles. The second-order valence-electron chi connectivity index (χ2n) is 6.70. The number of rotatable bonds is 7. The molecule has 3 aromatic rings. The summed E-state index contributed by atoms with van der Waals surface area (Å²) >= 11 is 0. The van der Waals surface area contributed by atoms with Gasteiger partial charge in [-0.15, -0.1) is 0 Å². The van der Waals surface area contributed by atoms with Crippen LogP contribution in [-0.4, -0.2) is 43.0 Å². The second-order valence-corrected chi connectivity index (χ2v) is 6.70. The summed E-state index contributed by atoms with van der Waals surface area (Å²) in [4.78, 5) is 31.3. The molecule has 0 radical (unpaired) electrons. The molecule has 0 atom stereocenters. The number of nitrogens with one attached hydrogen (secondary N) is 1. The number of methoxy groups -OCH3 is 2. The third-order valence-corrected chi connectivity index (χ3v) is 4.60. The minimum Gasteiger partial charge on any atom is -0.493 e. The van der Waals surface area contributed by atoms with Crippen LogP contribution in [0, 0.1) is 6.92 Å². The van der Waals surface area contributed by atoms with E-state index in [1.54, 1.807) is 54.9 Å². The van der Waals surface area contributed by atoms with Crippen molar-refractivity contribution in [3.05, 3.63) is 71.4 Å². The number of benzene rings is 1. The number of hydrogen-bond donors (Lipinski definition) is 1. The van der Waals surface area contributed by atoms with Crippen LogP contribution in [0.4, 0.5) is 5.69 Å². The molecular weight excluding hydrogens is 386 g/mol. The van der Waals surface area contributed by atoms with Crippen molar-refractivity contribution in [2.75, 3.05) is 26.6 Å². The molecule has 0 aliphatic carbocycles. The average Bonchev–Trinajstić information content (AvgIpc) is 3.25. The second kappa shape index (κ2) is 9.13. The summed E-state index contributed by atoms with van der Waals surface area (Å²) in [6.45, 7) is 2.19. The summed E-state index contributed by atoms with van der Waals surface area (Å²) in [5.41, 5.74) is 2.74. The van der Waals surface area contributed by atoms with E-state index in [1.165, 1.54) is 20.4 Å². The predicted molar refractivity (Wildman–Crippen MR) is 111 cm³/mol. The van der Waals surface area contributed by atoms with Gasteiger partial charge in [-0.05, 0) is 36.8 Å². The number of aryl methyl sites for hydroxylation is 1. The molecule has 8 heteroatoms. The number of carbonyl (C=O) groups excluding carboxylic acids is 2. The summed E-state index contributed by atoms with van der Waals surface area (Å²) in [6.07, 6.45) is 6.24. The van der Waals surface area contributed by atoms with Gasteiger partial charge in [-0.25, -0.2) is 0 Å². The number of ether oxygens (including phenoxy) is 2. The number of nitrogens with zero attached hydrogens (tertiary/aromatic N) is 2. The van der Waals surface area contributed by atoms with Gasteiger partial charge in [-0.2, -0.15) is 0 Å². The number of anilines is 1. The molecule has 2 heterocycles. The van der Waals surface area contributed by atoms with Crippen molar-refractivity contribution in [2.24, 2.45) is 0 Å². The van der Waals surface area contributed by atoms with Gasteiger partial charge in [0.05, 0.1) is 38.0 Å². The maximum absolute atomic E-state index is 13.0. The Bertz CT molecular complexity index is 1050. The van der Waals surface area contributed by atoms with Crippen molar-refractivity contribution < 1.29 is 23.5 Å². The normalized spacial score (nSPS) is 10.4. The predicted octanol–water partition coefficient (Wildman–Crippen LogP) is 3.52. The van der Waals surface area contributed by atoms with Gasteiger partial charge in [-0.1, -0.05) is 0 Å². The Morgan fingerprint density at radius 1 is 1.20 bits per heavy atom. The SMILES string of the molecule is COc1cc(C(=O)N(C)Cc2ccoc2)cc(NC(=O)c2cnccc2C)c1OC. The van der Waals surface area contributed by atoms with Gasteiger partial charge in [0.25, 0.3) is 11.8 Å². The van der Waals surface area contributed by atoms with E-state index < -0.39 is 0 Å². The maximum Gasteiger partial charge on any atom is 0.257 e. The molecule has 30 heavy (non-hydrogen) atoms. The molecule has 1 aromatic carbocycles. The number of aromatic nitrogens is 1. The van der Waals surface area contributed by atoms with Gasteiger partial charge in [-0.3, -0.25) is 14.6 Å². The summed E-state index contributed by atoms with van der Waals surface area (Å²) in [5, 5.41) is 2.80. The first-order chi connectivity index (χ1) is 14.4. The van der Waals surface area contributed by atoms with E-state index in [9.17, 15) is 9.59 Å². The van der Waals surface area contributed by atoms with Gasteiger partial charge in [0, 0.05) is 37.1 Å². The molecule has 0 fully saturated rings. The molecule has 0 aliphatic rings. The quantitative estimate of drug-likeness (QED) is 0.642. The minimum atomic E-state index is -0.364. The Hall–Kier alpha value is -3.81. The van der Waals surface area contributed by atoms with E-state index >= 15 is 0 Å². The van der Waals surface area contributed by atoms with E-state index in [0.717, 1.165) is 11.1 Å². The standard InChI is InChI=1S/C22H23N3O5/c1-14-5-7-23-11-17(14)21(26)24-18-9-16(10-19(28-3)20(18)29-4)22(27)25(2)12-15-6-8-30-13-15/h5-11,13H,12H2,1-4H3,(H,24,26). The molecule has 0 spiro atoms. The van der Waals surface area contributed by atoms with E-state index in [-0.39, 0.29) is 11.8 Å². The molecule has 0 aliphatic heterocycles. The van der Waals surface area contributed by atoms with Gasteiger partial charge in [0.1, 0.15) is 0 Å². The number of furan rings is 1. The fourth-order valence-electron chi connectivity index (χ4n) is 3.02. The van der Waals surface area contributed by atoms with Crippen LogP contribution >= 0.6 is 0 Å². The summed E-state index contributed by atoms with van der Waals surface area (Å²) in [6, 6.07) is 6.69. The van der Waals surface area contributed by atoms with E-state index in [4.69, 9.17) is 13.9 Å². The zero-order valence-electron chi connectivity index (χ0n) is 17.3. The van der Waals surface area contributed by atoms with Crippen LogP contribution in [0.25, 0.3) is 0 Å². The third kappa shape index (κ3) is 4.43. The van der Waals surface area contributed by atoms with Crippen LogP contribution in [-0.2, 0) is 6.54 Å². The van der Waals surface area contributed by atoms with Gasteiger partial charge in [0.2, 0.25) is 0 Å². The molecule has 2 aromatic heterocycles. The van der Waals surface area contributed by atoms with Crippen molar-refractivity contribution in [1.29, 1.82) is 0 Å². The molecule has 8 nitrogen and oxygen atoms in total. The zero-order chi connectivity index (χ0) is 21.7. The van der Waals surface area contributed by atoms with Gasteiger partial charge < -0.3 is 24.1 Å². The number of carbonyl (C=O) groups is 2. The largest absolute Gasteiger partial charge is 0.493 e. The Balaban J connectivity index is 1.93. The van der Waals surface area contributed by atoms with Crippen LogP contribution in [0.1, 0.15) is 31.8 Å². The van der Waals surface area contributed by atoms with Crippen LogP contribution in [0.3, 0.4) is 0 Å². The lowest BCUT2D eigenvalue weighted by atomic mass is 10.1. The number of pyridine rings is 1. The molecule has 1 N–H and O–H groups in total. The van der Waals surface area contributed by atoms with E-state index in [1.807, 2.05) is 6.92 Å². The van der Waals surface area contributed by atoms with E-state index in [0.29, 0.717) is 34.9 Å². The highest BCUT2D eigenvalue weighted by atomic mass is 16.5. The van der Waals surface area contributed by atoms with Crippen molar-refractivity contribution >= 4 is 17.5 Å². The molecule has 3 rings (SSSR count). The Kier molecular flexibility index (Phi) is 6.36. The Morgan fingerprint density at radius 2 is 2.00 bits per heavy atom. The Labute approximate surface area is 174 Å². The average molecular weight is 409 g/mol. The highest BCUT2D eigenvalue weighted by Crippen LogP contribution is 2.37. The fraction of sp³-hybridized carbons (Fsp3) is 0.227. The topological polar surface area (TPSA) is 93.9 Å². The van der Waals surface area contributed by atoms with Crippen molar-refractivity contribution in [3.63, 3.8) is 0 Å². The van der Waals surface area contributed by atoms with E-state index in [2.05, 4.69) is 10.3 Å². The molecule has 0 unspecified atom stereocenters. The first-order valence-electron chi connectivity index (χ1n) is 9.19. The lowest BCUT2D eigenvalue weighted by Crippen LogP contribution is -2.26. The van der Waals surface area contributed by atoms with Crippen LogP contribution in [0.5, 0.6) is 11.5 Å². The van der Waals surface area contributed by atoms with Crippen LogP contribution < -0.4 is 14.8 Å². The summed E-state index contributed by atoms with van der Waals surface area (Å²) < 4.78 is 15.9. The maximum atomic E-state index is 13.0. The van der Waals surface area contributed by atoms with Crippen LogP contribution in [0.15, 0.2) is 53.6 Å². The first kappa shape index (κ1) is 20.9. The minimum absolute atomic E-state index is 0.245. The number of amides is 2. The lowest BCUT2D eigenvalue weighted by molar-refractivity contribution is 0.0784. The third-order valence-electron chi connectivity index (χ3n) is 4.60. The Morgan fingerprint density at radius 3 is 2.63 bits per heavy atom. The highest BCUT2D eigenvalue weighted by molar-refractivity contribution is 6.07. The fourth-order valence-corrected chi connectivity index (χ4v) is 3.02. The zero-order valence-corrected chi connectivity index (χ0v) is 17.3. The monoisotopic (exact) mass is 409 g/mol. The summed E-state index contributed by atoms with van der Waals surface area (Å²) in [5.74, 6) is 0.0437. The molecule has 2 amide bonds. The smallest absolute Gasteiger partial charge is 0.257 e. The number of hydrogen-bond acceptors (Lipinski definition) is 6. The van der Waals surface area contributed by atoms with Gasteiger partial charge in [0.15, 0.2) is 11.5 Å². The lowest BCUT2D eigenvalue weighted by Gasteiger charge is -2.19. The van der Waals surface area contributed by atoms with Crippen molar-refractivity contribution in [3.8, 4) is 11.5 Å². The van der Waals surface area contributed by atoms with Crippen molar-refractivity contribution in [1.82, 2.24) is 9.88 Å². The van der Waals surface area contributed by atoms with Crippen molar-refractivity contribution in [2.45, 2.75) is 13.5 Å². The molecule has 156 valence electrons. The first-order valence-corrected chi connectivity index (χ1v) is 9.19. The molecule has 0 bridgehead atoms. The molecule has 0 saturated carbocycles. The highest BCUT2D eigenvalue weighted by Gasteiger charge is 2.21. The summed E-state index contributed by atoms with van der Waals surface area (Å²) in [7, 11) is 4.62. The van der Waals surface area contributed by atoms with Gasteiger partial charge >= 0.3 is 0 Å². The molecular formula is C22H23N3O5. The van der Waals surface area contributed by atoms with Crippen LogP contribution in [0.2, 0.25) is 0 Å².